The van der Waals surface area contributed by atoms with E-state index < -0.39 is 0 Å². The minimum atomic E-state index is -0.0658. The molecule has 0 unspecified atom stereocenters. The van der Waals surface area contributed by atoms with Gasteiger partial charge in [0.25, 0.3) is 5.91 Å². The first-order valence-electron chi connectivity index (χ1n) is 11.7. The van der Waals surface area contributed by atoms with Crippen molar-refractivity contribution in [2.24, 2.45) is 0 Å². The molecule has 0 radical (unpaired) electrons. The third-order valence-corrected chi connectivity index (χ3v) is 6.52. The molecule has 0 atom stereocenters. The largest absolute Gasteiger partial charge is 0.352 e. The van der Waals surface area contributed by atoms with Crippen molar-refractivity contribution in [1.82, 2.24) is 15.1 Å². The average Bonchev–Trinajstić information content (AvgIpc) is 2.86. The second-order valence-electron chi connectivity index (χ2n) is 8.69. The van der Waals surface area contributed by atoms with Crippen molar-refractivity contribution >= 4 is 23.4 Å². The van der Waals surface area contributed by atoms with E-state index in [1.54, 1.807) is 6.92 Å². The van der Waals surface area contributed by atoms with Gasteiger partial charge in [-0.05, 0) is 52.9 Å². The number of carbonyl (C=O) groups excluding carboxylic acids is 2. The Bertz CT molecular complexity index is 1100. The smallest absolute Gasteiger partial charge is 0.251 e. The Balaban J connectivity index is 1.21. The molecule has 34 heavy (non-hydrogen) atoms. The van der Waals surface area contributed by atoms with Crippen molar-refractivity contribution in [2.75, 3.05) is 32.7 Å². The number of rotatable bonds is 7. The Kier molecular flexibility index (Phi) is 7.99. The summed E-state index contributed by atoms with van der Waals surface area (Å²) in [6.07, 6.45) is 0.784. The van der Waals surface area contributed by atoms with Gasteiger partial charge in [-0.25, -0.2) is 0 Å². The van der Waals surface area contributed by atoms with Gasteiger partial charge >= 0.3 is 0 Å². The minimum Gasteiger partial charge on any atom is -0.352 e. The van der Waals surface area contributed by atoms with E-state index in [0.29, 0.717) is 17.1 Å². The molecule has 1 aliphatic rings. The van der Waals surface area contributed by atoms with Gasteiger partial charge in [0, 0.05) is 56.8 Å². The zero-order valence-corrected chi connectivity index (χ0v) is 20.2. The number of hydrogen-bond donors (Lipinski definition) is 1. The molecule has 1 aliphatic heterocycles. The van der Waals surface area contributed by atoms with Crippen LogP contribution in [0.2, 0.25) is 5.02 Å². The Morgan fingerprint density at radius 2 is 1.35 bits per heavy atom. The highest BCUT2D eigenvalue weighted by Crippen LogP contribution is 2.22. The van der Waals surface area contributed by atoms with Crippen LogP contribution in [0.1, 0.15) is 28.4 Å². The van der Waals surface area contributed by atoms with Crippen molar-refractivity contribution in [3.63, 3.8) is 0 Å². The number of carbonyl (C=O) groups is 2. The quantitative estimate of drug-likeness (QED) is 0.541. The maximum atomic E-state index is 12.5. The van der Waals surface area contributed by atoms with Crippen LogP contribution in [-0.2, 0) is 17.8 Å². The van der Waals surface area contributed by atoms with Gasteiger partial charge < -0.3 is 10.2 Å². The van der Waals surface area contributed by atoms with Crippen molar-refractivity contribution in [3.05, 3.63) is 94.5 Å². The van der Waals surface area contributed by atoms with E-state index in [1.807, 2.05) is 53.4 Å². The van der Waals surface area contributed by atoms with Crippen LogP contribution in [0.3, 0.4) is 0 Å². The van der Waals surface area contributed by atoms with Crippen molar-refractivity contribution in [1.29, 1.82) is 0 Å². The summed E-state index contributed by atoms with van der Waals surface area (Å²) in [5.74, 6) is 0.0926. The maximum absolute atomic E-state index is 12.5. The molecule has 1 saturated heterocycles. The molecule has 5 nitrogen and oxygen atoms in total. The molecule has 2 amide bonds. The number of nitrogens with zero attached hydrogens (tertiary/aromatic N) is 2. The number of piperazine rings is 1. The van der Waals surface area contributed by atoms with Crippen LogP contribution in [0, 0.1) is 0 Å². The summed E-state index contributed by atoms with van der Waals surface area (Å²) in [4.78, 5) is 28.3. The van der Waals surface area contributed by atoms with Gasteiger partial charge in [0.05, 0.1) is 0 Å². The van der Waals surface area contributed by atoms with Crippen molar-refractivity contribution < 1.29 is 9.59 Å². The molecule has 1 N–H and O–H groups in total. The highest BCUT2D eigenvalue weighted by Gasteiger charge is 2.18. The van der Waals surface area contributed by atoms with E-state index in [2.05, 4.69) is 34.5 Å². The summed E-state index contributed by atoms with van der Waals surface area (Å²) in [5.41, 5.74) is 5.23. The highest BCUT2D eigenvalue weighted by atomic mass is 35.5. The first-order valence-corrected chi connectivity index (χ1v) is 12.1. The van der Waals surface area contributed by atoms with Crippen molar-refractivity contribution in [3.8, 4) is 11.1 Å². The lowest BCUT2D eigenvalue weighted by Gasteiger charge is -2.34. The zero-order valence-electron chi connectivity index (χ0n) is 19.5. The molecule has 176 valence electrons. The molecule has 1 heterocycles. The topological polar surface area (TPSA) is 52.7 Å². The summed E-state index contributed by atoms with van der Waals surface area (Å²) < 4.78 is 0. The Hall–Kier alpha value is -3.15. The Morgan fingerprint density at radius 1 is 0.794 bits per heavy atom. The van der Waals surface area contributed by atoms with Gasteiger partial charge in [0.15, 0.2) is 0 Å². The van der Waals surface area contributed by atoms with Gasteiger partial charge in [0.2, 0.25) is 5.91 Å². The normalized spacial score (nSPS) is 14.1. The van der Waals surface area contributed by atoms with Crippen LogP contribution in [-0.4, -0.2) is 54.3 Å². The predicted molar refractivity (Wildman–Crippen MR) is 137 cm³/mol. The van der Waals surface area contributed by atoms with E-state index in [9.17, 15) is 9.59 Å². The third kappa shape index (κ3) is 6.46. The van der Waals surface area contributed by atoms with Crippen LogP contribution in [0.4, 0.5) is 0 Å². The predicted octanol–water partition coefficient (Wildman–Crippen LogP) is 4.64. The summed E-state index contributed by atoms with van der Waals surface area (Å²) in [6.45, 7) is 6.55. The zero-order chi connectivity index (χ0) is 23.9. The number of benzene rings is 3. The lowest BCUT2D eigenvalue weighted by molar-refractivity contribution is -0.130. The fourth-order valence-corrected chi connectivity index (χ4v) is 4.30. The van der Waals surface area contributed by atoms with Gasteiger partial charge in [-0.1, -0.05) is 60.1 Å². The van der Waals surface area contributed by atoms with Gasteiger partial charge in [-0.3, -0.25) is 14.5 Å². The molecular formula is C28H30ClN3O2. The molecule has 4 rings (SSSR count). The standard InChI is InChI=1S/C28H30ClN3O2/c1-21(33)32-18-16-31(17-19-32)20-23-4-2-22(3-5-23)14-15-30-28(34)26-8-6-24(7-9-26)25-10-12-27(29)13-11-25/h2-13H,14-20H2,1H3,(H,30,34). The number of nitrogens with one attached hydrogen (secondary N) is 1. The lowest BCUT2D eigenvalue weighted by atomic mass is 10.0. The Labute approximate surface area is 206 Å². The fraction of sp³-hybridized carbons (Fsp3) is 0.286. The van der Waals surface area contributed by atoms with Crippen LogP contribution in [0.5, 0.6) is 0 Å². The summed E-state index contributed by atoms with van der Waals surface area (Å²) in [6, 6.07) is 23.9. The van der Waals surface area contributed by atoms with Gasteiger partial charge in [-0.2, -0.15) is 0 Å². The molecule has 0 aliphatic carbocycles. The number of amides is 2. The van der Waals surface area contributed by atoms with Gasteiger partial charge in [0.1, 0.15) is 0 Å². The second kappa shape index (κ2) is 11.3. The molecular weight excluding hydrogens is 446 g/mol. The van der Waals surface area contributed by atoms with Crippen LogP contribution in [0.15, 0.2) is 72.8 Å². The van der Waals surface area contributed by atoms with E-state index >= 15 is 0 Å². The van der Waals surface area contributed by atoms with Gasteiger partial charge in [-0.15, -0.1) is 0 Å². The molecule has 3 aromatic carbocycles. The number of halogens is 1. The van der Waals surface area contributed by atoms with E-state index in [4.69, 9.17) is 11.6 Å². The average molecular weight is 476 g/mol. The first-order chi connectivity index (χ1) is 16.5. The highest BCUT2D eigenvalue weighted by molar-refractivity contribution is 6.30. The molecule has 6 heteroatoms. The molecule has 0 saturated carbocycles. The van der Waals surface area contributed by atoms with E-state index in [-0.39, 0.29) is 11.8 Å². The number of hydrogen-bond acceptors (Lipinski definition) is 3. The van der Waals surface area contributed by atoms with Crippen LogP contribution < -0.4 is 5.32 Å². The second-order valence-corrected chi connectivity index (χ2v) is 9.13. The summed E-state index contributed by atoms with van der Waals surface area (Å²) >= 11 is 5.95. The molecule has 0 spiro atoms. The fourth-order valence-electron chi connectivity index (χ4n) is 4.17. The third-order valence-electron chi connectivity index (χ3n) is 6.27. The minimum absolute atomic E-state index is 0.0658. The lowest BCUT2D eigenvalue weighted by Crippen LogP contribution is -2.47. The molecule has 0 aromatic heterocycles. The summed E-state index contributed by atoms with van der Waals surface area (Å²) in [7, 11) is 0. The summed E-state index contributed by atoms with van der Waals surface area (Å²) in [5, 5.41) is 3.72. The van der Waals surface area contributed by atoms with Crippen LogP contribution >= 0.6 is 11.6 Å². The van der Waals surface area contributed by atoms with Crippen molar-refractivity contribution in [2.45, 2.75) is 19.9 Å². The molecule has 3 aromatic rings. The monoisotopic (exact) mass is 475 g/mol. The molecule has 0 bridgehead atoms. The van der Waals surface area contributed by atoms with Crippen LogP contribution in [0.25, 0.3) is 11.1 Å². The SMILES string of the molecule is CC(=O)N1CCN(Cc2ccc(CCNC(=O)c3ccc(-c4ccc(Cl)cc4)cc3)cc2)CC1. The van der Waals surface area contributed by atoms with E-state index in [1.165, 1.54) is 11.1 Å². The first kappa shape index (κ1) is 24.0. The molecule has 1 fully saturated rings. The van der Waals surface area contributed by atoms with E-state index in [0.717, 1.165) is 50.3 Å². The Morgan fingerprint density at radius 3 is 1.94 bits per heavy atom. The maximum Gasteiger partial charge on any atom is 0.251 e.